The van der Waals surface area contributed by atoms with E-state index in [0.29, 0.717) is 12.0 Å². The van der Waals surface area contributed by atoms with Gasteiger partial charge in [-0.15, -0.1) is 0 Å². The molecule has 0 aliphatic carbocycles. The summed E-state index contributed by atoms with van der Waals surface area (Å²) in [7, 11) is -3.58. The molecule has 0 heterocycles. The predicted molar refractivity (Wildman–Crippen MR) is 79.6 cm³/mol. The van der Waals surface area contributed by atoms with E-state index in [-0.39, 0.29) is 17.9 Å². The fourth-order valence-electron chi connectivity index (χ4n) is 1.91. The summed E-state index contributed by atoms with van der Waals surface area (Å²) >= 11 is 0. The number of carbonyl (C=O) groups is 1. The van der Waals surface area contributed by atoms with Crippen LogP contribution in [0.5, 0.6) is 0 Å². The number of nitrogens with one attached hydrogen (secondary N) is 1. The highest BCUT2D eigenvalue weighted by molar-refractivity contribution is 7.88. The van der Waals surface area contributed by atoms with Crippen LogP contribution in [-0.2, 0) is 15.8 Å². The van der Waals surface area contributed by atoms with Crippen LogP contribution in [0.3, 0.4) is 0 Å². The van der Waals surface area contributed by atoms with Crippen molar-refractivity contribution < 1.29 is 23.4 Å². The van der Waals surface area contributed by atoms with Crippen LogP contribution in [-0.4, -0.2) is 36.7 Å². The molecule has 1 aromatic rings. The maximum atomic E-state index is 11.9. The first-order chi connectivity index (χ1) is 9.65. The number of benzene rings is 1. The zero-order valence-corrected chi connectivity index (χ0v) is 13.0. The molecule has 7 heteroatoms. The minimum Gasteiger partial charge on any atom is -0.478 e. The van der Waals surface area contributed by atoms with Crippen molar-refractivity contribution in [3.8, 4) is 0 Å². The Balaban J connectivity index is 2.66. The van der Waals surface area contributed by atoms with Gasteiger partial charge in [-0.25, -0.2) is 17.9 Å². The molecule has 1 unspecified atom stereocenters. The highest BCUT2D eigenvalue weighted by Crippen LogP contribution is 2.12. The Labute approximate surface area is 124 Å². The average Bonchev–Trinajstić information content (AvgIpc) is 2.37. The first-order valence-electron chi connectivity index (χ1n) is 6.67. The van der Waals surface area contributed by atoms with Crippen molar-refractivity contribution in [3.63, 3.8) is 0 Å². The molecule has 0 amide bonds. The molecule has 0 saturated carbocycles. The minimum absolute atomic E-state index is 0.0453. The van der Waals surface area contributed by atoms with E-state index in [2.05, 4.69) is 4.72 Å². The third kappa shape index (κ3) is 6.24. The molecule has 0 aromatic heterocycles. The Kier molecular flexibility index (Phi) is 5.88. The van der Waals surface area contributed by atoms with Crippen LogP contribution < -0.4 is 4.72 Å². The van der Waals surface area contributed by atoms with Gasteiger partial charge in [0.05, 0.1) is 16.9 Å². The van der Waals surface area contributed by atoms with Crippen LogP contribution in [0.15, 0.2) is 24.3 Å². The SMILES string of the molecule is CCCC(C)(O)CNS(=O)(=O)Cc1ccc(C(=O)O)cc1. The summed E-state index contributed by atoms with van der Waals surface area (Å²) in [5.74, 6) is -1.31. The summed E-state index contributed by atoms with van der Waals surface area (Å²) in [6.07, 6.45) is 1.26. The Bertz CT molecular complexity index is 578. The molecule has 6 nitrogen and oxygen atoms in total. The number of carboxylic acids is 1. The molecule has 0 saturated heterocycles. The third-order valence-corrected chi connectivity index (χ3v) is 4.32. The number of rotatable bonds is 8. The Morgan fingerprint density at radius 3 is 2.33 bits per heavy atom. The van der Waals surface area contributed by atoms with Gasteiger partial charge in [0.1, 0.15) is 0 Å². The number of hydrogen-bond acceptors (Lipinski definition) is 4. The summed E-state index contributed by atoms with van der Waals surface area (Å²) in [5, 5.41) is 18.7. The van der Waals surface area contributed by atoms with Crippen molar-refractivity contribution in [2.45, 2.75) is 38.0 Å². The van der Waals surface area contributed by atoms with Gasteiger partial charge in [0.2, 0.25) is 10.0 Å². The lowest BCUT2D eigenvalue weighted by molar-refractivity contribution is 0.0554. The molecule has 0 bridgehead atoms. The normalized spacial score (nSPS) is 14.6. The second-order valence-electron chi connectivity index (χ2n) is 5.33. The lowest BCUT2D eigenvalue weighted by atomic mass is 10.0. The maximum absolute atomic E-state index is 11.9. The van der Waals surface area contributed by atoms with Gasteiger partial charge in [0.25, 0.3) is 0 Å². The van der Waals surface area contributed by atoms with Crippen LogP contribution in [0.4, 0.5) is 0 Å². The first-order valence-corrected chi connectivity index (χ1v) is 8.32. The summed E-state index contributed by atoms with van der Waals surface area (Å²) in [5.41, 5.74) is -0.479. The monoisotopic (exact) mass is 315 g/mol. The maximum Gasteiger partial charge on any atom is 0.335 e. The van der Waals surface area contributed by atoms with E-state index >= 15 is 0 Å². The molecule has 1 rings (SSSR count). The molecule has 0 aliphatic rings. The van der Waals surface area contributed by atoms with Crippen molar-refractivity contribution in [1.29, 1.82) is 0 Å². The second kappa shape index (κ2) is 7.02. The van der Waals surface area contributed by atoms with Crippen molar-refractivity contribution in [2.24, 2.45) is 0 Å². The van der Waals surface area contributed by atoms with Crippen molar-refractivity contribution in [3.05, 3.63) is 35.4 Å². The van der Waals surface area contributed by atoms with E-state index in [1.807, 2.05) is 6.92 Å². The summed E-state index contributed by atoms with van der Waals surface area (Å²) in [4.78, 5) is 10.7. The molecule has 1 atom stereocenters. The largest absolute Gasteiger partial charge is 0.478 e. The van der Waals surface area contributed by atoms with Crippen LogP contribution in [0.25, 0.3) is 0 Å². The number of carboxylic acid groups (broad SMARTS) is 1. The highest BCUT2D eigenvalue weighted by atomic mass is 32.2. The van der Waals surface area contributed by atoms with Gasteiger partial charge >= 0.3 is 5.97 Å². The fraction of sp³-hybridized carbons (Fsp3) is 0.500. The standard InChI is InChI=1S/C14H21NO5S/c1-3-8-14(2,18)10-15-21(19,20)9-11-4-6-12(7-5-11)13(16)17/h4-7,15,18H,3,8-10H2,1-2H3,(H,16,17). The van der Waals surface area contributed by atoms with Gasteiger partial charge in [0, 0.05) is 6.54 Å². The Morgan fingerprint density at radius 2 is 1.86 bits per heavy atom. The van der Waals surface area contributed by atoms with Crippen LogP contribution >= 0.6 is 0 Å². The van der Waals surface area contributed by atoms with Gasteiger partial charge in [0.15, 0.2) is 0 Å². The van der Waals surface area contributed by atoms with Crippen LogP contribution in [0.2, 0.25) is 0 Å². The van der Waals surface area contributed by atoms with E-state index in [1.54, 1.807) is 6.92 Å². The zero-order chi connectivity index (χ0) is 16.1. The minimum atomic E-state index is -3.58. The quantitative estimate of drug-likeness (QED) is 0.672. The second-order valence-corrected chi connectivity index (χ2v) is 7.14. The zero-order valence-electron chi connectivity index (χ0n) is 12.2. The summed E-state index contributed by atoms with van der Waals surface area (Å²) in [6, 6.07) is 5.65. The van der Waals surface area contributed by atoms with Crippen molar-refractivity contribution >= 4 is 16.0 Å². The van der Waals surface area contributed by atoms with E-state index in [4.69, 9.17) is 5.11 Å². The van der Waals surface area contributed by atoms with Gasteiger partial charge < -0.3 is 10.2 Å². The van der Waals surface area contributed by atoms with Crippen LogP contribution in [0, 0.1) is 0 Å². The average molecular weight is 315 g/mol. The Hall–Kier alpha value is -1.44. The van der Waals surface area contributed by atoms with Gasteiger partial charge in [-0.05, 0) is 31.0 Å². The van der Waals surface area contributed by atoms with E-state index in [1.165, 1.54) is 24.3 Å². The molecule has 0 spiro atoms. The number of sulfonamides is 1. The Morgan fingerprint density at radius 1 is 1.29 bits per heavy atom. The molecule has 0 radical (unpaired) electrons. The summed E-state index contributed by atoms with van der Waals surface area (Å²) in [6.45, 7) is 3.45. The molecular weight excluding hydrogens is 294 g/mol. The number of hydrogen-bond donors (Lipinski definition) is 3. The van der Waals surface area contributed by atoms with Crippen molar-refractivity contribution in [2.75, 3.05) is 6.54 Å². The molecular formula is C14H21NO5S. The van der Waals surface area contributed by atoms with E-state index in [0.717, 1.165) is 6.42 Å². The number of aromatic carboxylic acids is 1. The predicted octanol–water partition coefficient (Wildman–Crippen LogP) is 1.36. The molecule has 118 valence electrons. The van der Waals surface area contributed by atoms with Gasteiger partial charge in [-0.3, -0.25) is 0 Å². The van der Waals surface area contributed by atoms with E-state index in [9.17, 15) is 18.3 Å². The van der Waals surface area contributed by atoms with Gasteiger partial charge in [-0.2, -0.15) is 0 Å². The van der Waals surface area contributed by atoms with Gasteiger partial charge in [-0.1, -0.05) is 25.5 Å². The highest BCUT2D eigenvalue weighted by Gasteiger charge is 2.22. The molecule has 1 aromatic carbocycles. The summed E-state index contributed by atoms with van der Waals surface area (Å²) < 4.78 is 26.2. The first kappa shape index (κ1) is 17.6. The molecule has 0 fully saturated rings. The fourth-order valence-corrected chi connectivity index (χ4v) is 3.17. The molecule has 0 aliphatic heterocycles. The third-order valence-electron chi connectivity index (χ3n) is 3.02. The van der Waals surface area contributed by atoms with Crippen LogP contribution in [0.1, 0.15) is 42.6 Å². The molecule has 3 N–H and O–H groups in total. The van der Waals surface area contributed by atoms with E-state index < -0.39 is 21.6 Å². The smallest absolute Gasteiger partial charge is 0.335 e. The lowest BCUT2D eigenvalue weighted by Crippen LogP contribution is -2.40. The van der Waals surface area contributed by atoms with Crippen molar-refractivity contribution in [1.82, 2.24) is 4.72 Å². The number of aliphatic hydroxyl groups is 1. The molecule has 21 heavy (non-hydrogen) atoms. The lowest BCUT2D eigenvalue weighted by Gasteiger charge is -2.22. The topological polar surface area (TPSA) is 104 Å².